The Morgan fingerprint density at radius 2 is 1.96 bits per heavy atom. The number of nitrogens with zero attached hydrogens (tertiary/aromatic N) is 2. The molecule has 8 heteroatoms. The maximum absolute atomic E-state index is 12.4. The standard InChI is InChI=1S/C16H12F3N3O2/c1-9-13-11(14(23)20-8-16(17,18)19)7-12(21-15(13)24-22-9)10-5-3-2-4-6-10/h2-7H,8H2,1H3,(H,20,23). The molecule has 124 valence electrons. The van der Waals surface area contributed by atoms with Crippen molar-refractivity contribution in [1.82, 2.24) is 15.5 Å². The number of carbonyl (C=O) groups excluding carboxylic acids is 1. The number of hydrogen-bond acceptors (Lipinski definition) is 4. The maximum Gasteiger partial charge on any atom is 0.405 e. The normalized spacial score (nSPS) is 11.7. The van der Waals surface area contributed by atoms with Crippen molar-refractivity contribution < 1.29 is 22.5 Å². The SMILES string of the molecule is Cc1noc2nc(-c3ccccc3)cc(C(=O)NCC(F)(F)F)c12. The van der Waals surface area contributed by atoms with Gasteiger partial charge in [-0.2, -0.15) is 13.2 Å². The van der Waals surface area contributed by atoms with E-state index in [1.165, 1.54) is 6.07 Å². The van der Waals surface area contributed by atoms with Gasteiger partial charge in [-0.25, -0.2) is 4.98 Å². The molecule has 0 bridgehead atoms. The third-order valence-electron chi connectivity index (χ3n) is 3.38. The van der Waals surface area contributed by atoms with Gasteiger partial charge in [-0.15, -0.1) is 0 Å². The minimum absolute atomic E-state index is 0.0434. The van der Waals surface area contributed by atoms with Crippen LogP contribution in [-0.2, 0) is 0 Å². The molecule has 2 aromatic heterocycles. The van der Waals surface area contributed by atoms with Crippen LogP contribution in [0, 0.1) is 6.92 Å². The fraction of sp³-hybridized carbons (Fsp3) is 0.188. The lowest BCUT2D eigenvalue weighted by molar-refractivity contribution is -0.123. The molecule has 1 N–H and O–H groups in total. The van der Waals surface area contributed by atoms with Gasteiger partial charge in [0.25, 0.3) is 11.6 Å². The zero-order valence-electron chi connectivity index (χ0n) is 12.5. The molecule has 1 amide bonds. The summed E-state index contributed by atoms with van der Waals surface area (Å²) in [4.78, 5) is 16.5. The van der Waals surface area contributed by atoms with Gasteiger partial charge >= 0.3 is 6.18 Å². The summed E-state index contributed by atoms with van der Waals surface area (Å²) >= 11 is 0. The molecule has 0 fully saturated rings. The first-order chi connectivity index (χ1) is 11.3. The molecule has 2 heterocycles. The van der Waals surface area contributed by atoms with Gasteiger partial charge in [0, 0.05) is 5.56 Å². The molecule has 0 atom stereocenters. The van der Waals surface area contributed by atoms with E-state index >= 15 is 0 Å². The molecule has 0 spiro atoms. The Balaban J connectivity index is 2.08. The number of amides is 1. The molecule has 0 radical (unpaired) electrons. The molecule has 0 saturated heterocycles. The lowest BCUT2D eigenvalue weighted by Gasteiger charge is -2.10. The Hall–Kier alpha value is -2.90. The lowest BCUT2D eigenvalue weighted by atomic mass is 10.1. The van der Waals surface area contributed by atoms with E-state index in [-0.39, 0.29) is 11.3 Å². The first-order valence-corrected chi connectivity index (χ1v) is 7.02. The number of rotatable bonds is 3. The monoisotopic (exact) mass is 335 g/mol. The van der Waals surface area contributed by atoms with Gasteiger partial charge < -0.3 is 9.84 Å². The van der Waals surface area contributed by atoms with Gasteiger partial charge in [-0.1, -0.05) is 35.5 Å². The van der Waals surface area contributed by atoms with Crippen molar-refractivity contribution in [3.8, 4) is 11.3 Å². The quantitative estimate of drug-likeness (QED) is 0.795. The van der Waals surface area contributed by atoms with Crippen LogP contribution in [-0.4, -0.2) is 28.8 Å². The number of hydrogen-bond donors (Lipinski definition) is 1. The molecule has 5 nitrogen and oxygen atoms in total. The summed E-state index contributed by atoms with van der Waals surface area (Å²) in [5.41, 5.74) is 1.65. The van der Waals surface area contributed by atoms with Crippen molar-refractivity contribution in [3.05, 3.63) is 47.7 Å². The number of carbonyl (C=O) groups is 1. The second-order valence-corrected chi connectivity index (χ2v) is 5.17. The Labute approximate surface area is 134 Å². The molecule has 1 aromatic carbocycles. The molecule has 0 saturated carbocycles. The van der Waals surface area contributed by atoms with E-state index in [0.29, 0.717) is 22.3 Å². The summed E-state index contributed by atoms with van der Waals surface area (Å²) in [5.74, 6) is -0.858. The predicted molar refractivity (Wildman–Crippen MR) is 80.4 cm³/mol. The summed E-state index contributed by atoms with van der Waals surface area (Å²) in [7, 11) is 0. The highest BCUT2D eigenvalue weighted by molar-refractivity contribution is 6.07. The number of alkyl halides is 3. The van der Waals surface area contributed by atoms with Gasteiger partial charge in [0.2, 0.25) is 0 Å². The fourth-order valence-electron chi connectivity index (χ4n) is 2.31. The molecular weight excluding hydrogens is 323 g/mol. The molecule has 24 heavy (non-hydrogen) atoms. The number of benzene rings is 1. The number of halogens is 3. The number of fused-ring (bicyclic) bond motifs is 1. The first kappa shape index (κ1) is 16.0. The second-order valence-electron chi connectivity index (χ2n) is 5.17. The van der Waals surface area contributed by atoms with E-state index in [1.54, 1.807) is 31.2 Å². The van der Waals surface area contributed by atoms with Crippen LogP contribution in [0.1, 0.15) is 16.1 Å². The number of aromatic nitrogens is 2. The third kappa shape index (κ3) is 3.22. The van der Waals surface area contributed by atoms with Crippen molar-refractivity contribution in [2.24, 2.45) is 0 Å². The largest absolute Gasteiger partial charge is 0.405 e. The lowest BCUT2D eigenvalue weighted by Crippen LogP contribution is -2.33. The zero-order chi connectivity index (χ0) is 17.3. The molecule has 0 unspecified atom stereocenters. The van der Waals surface area contributed by atoms with Crippen molar-refractivity contribution in [2.75, 3.05) is 6.54 Å². The highest BCUT2D eigenvalue weighted by Gasteiger charge is 2.29. The van der Waals surface area contributed by atoms with E-state index in [1.807, 2.05) is 11.4 Å². The van der Waals surface area contributed by atoms with Crippen molar-refractivity contribution >= 4 is 17.0 Å². The smallest absolute Gasteiger partial charge is 0.343 e. The minimum atomic E-state index is -4.49. The summed E-state index contributed by atoms with van der Waals surface area (Å²) in [6.45, 7) is 0.177. The van der Waals surface area contributed by atoms with Gasteiger partial charge in [-0.05, 0) is 13.0 Å². The number of nitrogens with one attached hydrogen (secondary N) is 1. The van der Waals surface area contributed by atoms with Gasteiger partial charge in [0.15, 0.2) is 0 Å². The van der Waals surface area contributed by atoms with Crippen molar-refractivity contribution in [2.45, 2.75) is 13.1 Å². The van der Waals surface area contributed by atoms with Crippen LogP contribution in [0.2, 0.25) is 0 Å². The van der Waals surface area contributed by atoms with Crippen LogP contribution < -0.4 is 5.32 Å². The van der Waals surface area contributed by atoms with Crippen molar-refractivity contribution in [1.29, 1.82) is 0 Å². The second kappa shape index (κ2) is 5.95. The maximum atomic E-state index is 12.4. The van der Waals surface area contributed by atoms with Crippen LogP contribution in [0.3, 0.4) is 0 Å². The molecule has 3 rings (SSSR count). The van der Waals surface area contributed by atoms with E-state index < -0.39 is 18.6 Å². The zero-order valence-corrected chi connectivity index (χ0v) is 12.5. The highest BCUT2D eigenvalue weighted by atomic mass is 19.4. The summed E-state index contributed by atoms with van der Waals surface area (Å²) < 4.78 is 42.1. The Kier molecular flexibility index (Phi) is 3.96. The van der Waals surface area contributed by atoms with E-state index in [4.69, 9.17) is 4.52 Å². The highest BCUT2D eigenvalue weighted by Crippen LogP contribution is 2.27. The number of aryl methyl sites for hydroxylation is 1. The van der Waals surface area contributed by atoms with Crippen molar-refractivity contribution in [3.63, 3.8) is 0 Å². The molecular formula is C16H12F3N3O2. The predicted octanol–water partition coefficient (Wildman–Crippen LogP) is 3.49. The first-order valence-electron chi connectivity index (χ1n) is 7.02. The van der Waals surface area contributed by atoms with E-state index in [0.717, 1.165) is 0 Å². The van der Waals surface area contributed by atoms with E-state index in [9.17, 15) is 18.0 Å². The van der Waals surface area contributed by atoms with Gasteiger partial charge in [-0.3, -0.25) is 4.79 Å². The van der Waals surface area contributed by atoms with Gasteiger partial charge in [0.05, 0.1) is 22.3 Å². The van der Waals surface area contributed by atoms with E-state index in [2.05, 4.69) is 10.1 Å². The van der Waals surface area contributed by atoms with Gasteiger partial charge in [0.1, 0.15) is 6.54 Å². The van der Waals surface area contributed by atoms with Crippen LogP contribution in [0.25, 0.3) is 22.4 Å². The Morgan fingerprint density at radius 1 is 1.25 bits per heavy atom. The molecule has 0 aliphatic heterocycles. The van der Waals surface area contributed by atoms with Crippen LogP contribution in [0.4, 0.5) is 13.2 Å². The Bertz CT molecular complexity index is 889. The Morgan fingerprint density at radius 3 is 2.62 bits per heavy atom. The minimum Gasteiger partial charge on any atom is -0.343 e. The van der Waals surface area contributed by atoms with Crippen LogP contribution >= 0.6 is 0 Å². The molecule has 3 aromatic rings. The average molecular weight is 335 g/mol. The topological polar surface area (TPSA) is 68.0 Å². The fourth-order valence-corrected chi connectivity index (χ4v) is 2.31. The summed E-state index contributed by atoms with van der Waals surface area (Å²) in [5, 5.41) is 5.91. The molecule has 0 aliphatic carbocycles. The third-order valence-corrected chi connectivity index (χ3v) is 3.38. The van der Waals surface area contributed by atoms with Crippen LogP contribution in [0.15, 0.2) is 40.9 Å². The van der Waals surface area contributed by atoms with Crippen LogP contribution in [0.5, 0.6) is 0 Å². The summed E-state index contributed by atoms with van der Waals surface area (Å²) in [6.07, 6.45) is -4.49. The molecule has 0 aliphatic rings. The average Bonchev–Trinajstić information content (AvgIpc) is 2.93. The summed E-state index contributed by atoms with van der Waals surface area (Å²) in [6, 6.07) is 10.4. The number of pyridine rings is 1.